The highest BCUT2D eigenvalue weighted by Gasteiger charge is 2.20. The van der Waals surface area contributed by atoms with Gasteiger partial charge in [-0.1, -0.05) is 57.8 Å². The van der Waals surface area contributed by atoms with E-state index < -0.39 is 0 Å². The molecule has 1 rings (SSSR count). The smallest absolute Gasteiger partial charge is 0.303 e. The number of hydrogen-bond acceptors (Lipinski definition) is 6. The Kier molecular flexibility index (Phi) is 17.9. The van der Waals surface area contributed by atoms with E-state index in [-0.39, 0.29) is 35.7 Å². The first-order chi connectivity index (χ1) is 15.9. The van der Waals surface area contributed by atoms with Gasteiger partial charge in [-0.25, -0.2) is 0 Å². The molecule has 194 valence electrons. The fraction of sp³-hybridized carbons (Fsp3) is 0.577. The third-order valence-electron chi connectivity index (χ3n) is 4.18. The molecule has 0 saturated carbocycles. The summed E-state index contributed by atoms with van der Waals surface area (Å²) in [6.07, 6.45) is 1.47. The summed E-state index contributed by atoms with van der Waals surface area (Å²) in [4.78, 5) is 26.9. The van der Waals surface area contributed by atoms with Gasteiger partial charge in [-0.15, -0.1) is 0 Å². The molecule has 4 N–H and O–H groups in total. The molecule has 1 unspecified atom stereocenters. The second-order valence-corrected chi connectivity index (χ2v) is 8.79. The van der Waals surface area contributed by atoms with Gasteiger partial charge in [-0.3, -0.25) is 14.6 Å². The third kappa shape index (κ3) is 14.7. The van der Waals surface area contributed by atoms with Gasteiger partial charge in [-0.2, -0.15) is 0 Å². The number of aliphatic hydroxyl groups excluding tert-OH is 1. The Labute approximate surface area is 210 Å². The second-order valence-electron chi connectivity index (χ2n) is 8.35. The zero-order valence-corrected chi connectivity index (χ0v) is 23.0. The average molecular weight is 498 g/mol. The summed E-state index contributed by atoms with van der Waals surface area (Å²) in [6, 6.07) is 7.25. The number of halogens is 1. The van der Waals surface area contributed by atoms with Crippen molar-refractivity contribution in [2.45, 2.75) is 80.4 Å². The normalized spacial score (nSPS) is 12.7. The van der Waals surface area contributed by atoms with Crippen molar-refractivity contribution in [1.82, 2.24) is 5.32 Å². The third-order valence-corrected chi connectivity index (χ3v) is 4.43. The Morgan fingerprint density at radius 1 is 1.21 bits per heavy atom. The molecule has 0 aromatic heterocycles. The summed E-state index contributed by atoms with van der Waals surface area (Å²) in [7, 11) is 1.65. The zero-order valence-electron chi connectivity index (χ0n) is 22.3. The van der Waals surface area contributed by atoms with E-state index in [1.54, 1.807) is 19.2 Å². The molecule has 0 heterocycles. The molecule has 0 fully saturated rings. The lowest BCUT2D eigenvalue weighted by atomic mass is 9.93. The first-order valence-corrected chi connectivity index (χ1v) is 12.0. The minimum atomic E-state index is -0.334. The monoisotopic (exact) mass is 497 g/mol. The first-order valence-electron chi connectivity index (χ1n) is 11.6. The van der Waals surface area contributed by atoms with Crippen LogP contribution in [0.5, 0.6) is 0 Å². The van der Waals surface area contributed by atoms with Gasteiger partial charge >= 0.3 is 5.97 Å². The number of allylic oxidation sites excluding steroid dienone is 1. The molecule has 0 bridgehead atoms. The molecule has 1 aromatic rings. The molecule has 0 saturated heterocycles. The number of carbonyl (C=O) groups excluding carboxylic acids is 2. The molecule has 0 aliphatic carbocycles. The topological polar surface area (TPSA) is 114 Å². The molecule has 34 heavy (non-hydrogen) atoms. The maximum absolute atomic E-state index is 12.4. The Hall–Kier alpha value is -2.38. The van der Waals surface area contributed by atoms with Gasteiger partial charge in [0.25, 0.3) is 5.91 Å². The number of esters is 1. The predicted molar refractivity (Wildman–Crippen MR) is 142 cm³/mol. The van der Waals surface area contributed by atoms with E-state index in [9.17, 15) is 14.7 Å². The van der Waals surface area contributed by atoms with Crippen LogP contribution in [-0.4, -0.2) is 42.0 Å². The van der Waals surface area contributed by atoms with E-state index >= 15 is 0 Å². The lowest BCUT2D eigenvalue weighted by Gasteiger charge is -2.18. The largest absolute Gasteiger partial charge is 0.460 e. The van der Waals surface area contributed by atoms with E-state index in [0.717, 1.165) is 12.0 Å². The number of rotatable bonds is 8. The van der Waals surface area contributed by atoms with E-state index in [0.29, 0.717) is 29.3 Å². The van der Waals surface area contributed by atoms with Crippen LogP contribution in [0.1, 0.15) is 73.8 Å². The quantitative estimate of drug-likeness (QED) is 0.264. The lowest BCUT2D eigenvalue weighted by Crippen LogP contribution is -2.32. The number of carbonyl (C=O) groups is 2. The van der Waals surface area contributed by atoms with Crippen LogP contribution in [0.3, 0.4) is 0 Å². The van der Waals surface area contributed by atoms with Gasteiger partial charge < -0.3 is 20.9 Å². The minimum Gasteiger partial charge on any atom is -0.460 e. The number of ether oxygens (including phenoxy) is 1. The standard InChI is InChI=1S/C18H26ClN3O2.C6H12O2.C2H6/c1-4-5-15(17(21-3)12(2)11-23)16(20)18(24)22-10-13-6-8-14(19)9-7-13;1-5(7)8-6(2,3)4;1-2/h6-9,12,23H,4-5,10-11,20H2,1-3H3,(H,22,24);1-4H3;1-2H3/b16-15-,21-17?;;. The molecule has 1 aromatic carbocycles. The summed E-state index contributed by atoms with van der Waals surface area (Å²) in [5.74, 6) is -0.726. The van der Waals surface area contributed by atoms with E-state index in [1.165, 1.54) is 6.92 Å². The molecule has 7 nitrogen and oxygen atoms in total. The highest BCUT2D eigenvalue weighted by Crippen LogP contribution is 2.17. The molecule has 1 amide bonds. The van der Waals surface area contributed by atoms with Crippen molar-refractivity contribution in [2.24, 2.45) is 16.6 Å². The highest BCUT2D eigenvalue weighted by molar-refractivity contribution is 6.30. The number of nitrogens with zero attached hydrogens (tertiary/aromatic N) is 1. The lowest BCUT2D eigenvalue weighted by molar-refractivity contribution is -0.151. The van der Waals surface area contributed by atoms with Crippen LogP contribution in [-0.2, 0) is 20.9 Å². The minimum absolute atomic E-state index is 0.0421. The summed E-state index contributed by atoms with van der Waals surface area (Å²) in [5, 5.41) is 12.9. The second kappa shape index (κ2) is 18.0. The fourth-order valence-electron chi connectivity index (χ4n) is 2.84. The molecule has 0 radical (unpaired) electrons. The van der Waals surface area contributed by atoms with Crippen LogP contribution >= 0.6 is 11.6 Å². The van der Waals surface area contributed by atoms with Crippen molar-refractivity contribution in [2.75, 3.05) is 13.7 Å². The van der Waals surface area contributed by atoms with E-state index in [2.05, 4.69) is 10.3 Å². The van der Waals surface area contributed by atoms with Crippen LogP contribution in [0.15, 0.2) is 40.5 Å². The summed E-state index contributed by atoms with van der Waals surface area (Å²) in [6.45, 7) is 15.1. The summed E-state index contributed by atoms with van der Waals surface area (Å²) in [5.41, 5.74) is 8.24. The Morgan fingerprint density at radius 3 is 2.09 bits per heavy atom. The SMILES string of the molecule is CC.CC(=O)OC(C)(C)C.CCC/C(C(=NC)C(C)CO)=C(/N)C(=O)NCc1ccc(Cl)cc1. The Balaban J connectivity index is 0. The number of nitrogens with one attached hydrogen (secondary N) is 1. The van der Waals surface area contributed by atoms with Gasteiger partial charge in [0.1, 0.15) is 11.3 Å². The van der Waals surface area contributed by atoms with Gasteiger partial charge in [0.2, 0.25) is 0 Å². The molecule has 0 aliphatic heterocycles. The van der Waals surface area contributed by atoms with Crippen molar-refractivity contribution in [3.05, 3.63) is 46.1 Å². The van der Waals surface area contributed by atoms with Crippen molar-refractivity contribution < 1.29 is 19.4 Å². The number of hydrogen-bond donors (Lipinski definition) is 3. The van der Waals surface area contributed by atoms with Gasteiger partial charge in [0, 0.05) is 42.7 Å². The molecule has 0 spiro atoms. The van der Waals surface area contributed by atoms with Crippen molar-refractivity contribution in [1.29, 1.82) is 0 Å². The maximum atomic E-state index is 12.4. The van der Waals surface area contributed by atoms with Crippen LogP contribution in [0.2, 0.25) is 5.02 Å². The number of amides is 1. The Bertz CT molecular complexity index is 797. The number of benzene rings is 1. The van der Waals surface area contributed by atoms with Gasteiger partial charge in [0.15, 0.2) is 0 Å². The van der Waals surface area contributed by atoms with Gasteiger partial charge in [-0.05, 0) is 44.9 Å². The number of aliphatic imine (C=N–C) groups is 1. The molecular formula is C26H44ClN3O4. The van der Waals surface area contributed by atoms with Crippen molar-refractivity contribution >= 4 is 29.2 Å². The molecule has 8 heteroatoms. The van der Waals surface area contributed by atoms with E-state index in [4.69, 9.17) is 22.1 Å². The predicted octanol–water partition coefficient (Wildman–Crippen LogP) is 5.04. The molecule has 1 atom stereocenters. The van der Waals surface area contributed by atoms with Crippen LogP contribution < -0.4 is 11.1 Å². The van der Waals surface area contributed by atoms with Crippen molar-refractivity contribution in [3.8, 4) is 0 Å². The van der Waals surface area contributed by atoms with Crippen LogP contribution in [0, 0.1) is 5.92 Å². The van der Waals surface area contributed by atoms with Crippen LogP contribution in [0.4, 0.5) is 0 Å². The average Bonchev–Trinajstić information content (AvgIpc) is 2.77. The summed E-state index contributed by atoms with van der Waals surface area (Å²) >= 11 is 5.85. The number of aliphatic hydroxyl groups is 1. The highest BCUT2D eigenvalue weighted by atomic mass is 35.5. The van der Waals surface area contributed by atoms with Crippen LogP contribution in [0.25, 0.3) is 0 Å². The zero-order chi connectivity index (χ0) is 26.9. The fourth-order valence-corrected chi connectivity index (χ4v) is 2.96. The summed E-state index contributed by atoms with van der Waals surface area (Å²) < 4.78 is 4.80. The van der Waals surface area contributed by atoms with Gasteiger partial charge in [0.05, 0.1) is 6.61 Å². The number of nitrogens with two attached hydrogens (primary N) is 1. The molecular weight excluding hydrogens is 454 g/mol. The first kappa shape index (κ1) is 33.8. The van der Waals surface area contributed by atoms with Crippen molar-refractivity contribution in [3.63, 3.8) is 0 Å². The molecule has 0 aliphatic rings. The maximum Gasteiger partial charge on any atom is 0.303 e. The Morgan fingerprint density at radius 2 is 1.74 bits per heavy atom. The van der Waals surface area contributed by atoms with E-state index in [1.807, 2.05) is 60.6 Å².